The summed E-state index contributed by atoms with van der Waals surface area (Å²) in [5.74, 6) is 0. The Morgan fingerprint density at radius 3 is 2.59 bits per heavy atom. The normalized spacial score (nSPS) is 21.6. The van der Waals surface area contributed by atoms with Gasteiger partial charge in [-0.05, 0) is 63.0 Å². The summed E-state index contributed by atoms with van der Waals surface area (Å²) in [4.78, 5) is 0. The van der Waals surface area contributed by atoms with E-state index >= 15 is 0 Å². The van der Waals surface area contributed by atoms with Gasteiger partial charge in [-0.25, -0.2) is 0 Å². The van der Waals surface area contributed by atoms with Gasteiger partial charge in [-0.1, -0.05) is 49.3 Å². The van der Waals surface area contributed by atoms with Crippen LogP contribution in [0.3, 0.4) is 0 Å². The molecule has 1 aliphatic rings. The van der Waals surface area contributed by atoms with Gasteiger partial charge in [0.25, 0.3) is 0 Å². The van der Waals surface area contributed by atoms with Crippen LogP contribution < -0.4 is 0 Å². The molecule has 124 valence electrons. The molecule has 0 aliphatic heterocycles. The van der Waals surface area contributed by atoms with Crippen molar-refractivity contribution in [3.63, 3.8) is 0 Å². The zero-order chi connectivity index (χ0) is 16.8. The maximum atomic E-state index is 10.2. The van der Waals surface area contributed by atoms with Gasteiger partial charge >= 0.3 is 0 Å². The third-order valence-corrected chi connectivity index (χ3v) is 4.70. The Balaban J connectivity index is 2.73. The number of aliphatic hydroxyl groups excluding tert-OH is 2. The second-order valence-corrected chi connectivity index (χ2v) is 7.15. The molecule has 0 aromatic rings. The van der Waals surface area contributed by atoms with E-state index in [0.717, 1.165) is 17.6 Å². The van der Waals surface area contributed by atoms with Crippen LogP contribution in [0.4, 0.5) is 0 Å². The summed E-state index contributed by atoms with van der Waals surface area (Å²) in [5, 5.41) is 19.1. The van der Waals surface area contributed by atoms with Gasteiger partial charge < -0.3 is 10.2 Å². The molecule has 0 spiro atoms. The molecular formula is C20H32O2. The highest BCUT2D eigenvalue weighted by atomic mass is 16.3. The molecule has 0 aromatic heterocycles. The van der Waals surface area contributed by atoms with E-state index in [-0.39, 0.29) is 12.0 Å². The predicted octanol–water partition coefficient (Wildman–Crippen LogP) is 4.71. The van der Waals surface area contributed by atoms with Gasteiger partial charge in [0, 0.05) is 0 Å². The number of hydrogen-bond acceptors (Lipinski definition) is 2. The van der Waals surface area contributed by atoms with Gasteiger partial charge in [0.05, 0.1) is 12.7 Å². The van der Waals surface area contributed by atoms with Crippen molar-refractivity contribution in [2.75, 3.05) is 6.61 Å². The highest BCUT2D eigenvalue weighted by molar-refractivity contribution is 5.27. The van der Waals surface area contributed by atoms with Crippen molar-refractivity contribution in [2.45, 2.75) is 66.4 Å². The van der Waals surface area contributed by atoms with Crippen molar-refractivity contribution < 1.29 is 10.2 Å². The highest BCUT2D eigenvalue weighted by Crippen LogP contribution is 2.42. The first-order valence-corrected chi connectivity index (χ1v) is 8.26. The van der Waals surface area contributed by atoms with Crippen LogP contribution in [-0.4, -0.2) is 22.9 Å². The molecule has 2 heteroatoms. The van der Waals surface area contributed by atoms with Crippen molar-refractivity contribution in [2.24, 2.45) is 5.41 Å². The SMILES string of the molecule is CC1=C(C/C=C(\C)C(O)/C=C\C=C(/C)CO)C(C)(C)CCC1. The van der Waals surface area contributed by atoms with E-state index in [1.807, 2.05) is 26.0 Å². The summed E-state index contributed by atoms with van der Waals surface area (Å²) in [7, 11) is 0. The molecule has 1 atom stereocenters. The molecule has 0 amide bonds. The second kappa shape index (κ2) is 8.50. The molecule has 0 fully saturated rings. The van der Waals surface area contributed by atoms with E-state index in [1.165, 1.54) is 30.4 Å². The first kappa shape index (κ1) is 18.9. The average Bonchev–Trinajstić information content (AvgIpc) is 2.45. The third kappa shape index (κ3) is 5.58. The lowest BCUT2D eigenvalue weighted by molar-refractivity contribution is 0.258. The fourth-order valence-corrected chi connectivity index (χ4v) is 3.04. The van der Waals surface area contributed by atoms with Crippen molar-refractivity contribution in [3.05, 3.63) is 46.6 Å². The standard InChI is InChI=1S/C20H32O2/c1-15(14-21)8-6-10-19(22)17(3)11-12-18-16(2)9-7-13-20(18,4)5/h6,8,10-11,19,21-22H,7,9,12-14H2,1-5H3/b10-6-,15-8+,17-11+. The molecular weight excluding hydrogens is 272 g/mol. The maximum absolute atomic E-state index is 10.2. The lowest BCUT2D eigenvalue weighted by Gasteiger charge is -2.34. The van der Waals surface area contributed by atoms with Crippen LogP contribution in [0.15, 0.2) is 46.6 Å². The van der Waals surface area contributed by atoms with Crippen LogP contribution in [0.5, 0.6) is 0 Å². The summed E-state index contributed by atoms with van der Waals surface area (Å²) in [6, 6.07) is 0. The van der Waals surface area contributed by atoms with E-state index in [4.69, 9.17) is 5.11 Å². The van der Waals surface area contributed by atoms with E-state index in [1.54, 1.807) is 6.08 Å². The first-order chi connectivity index (χ1) is 10.3. The number of aliphatic hydroxyl groups is 2. The average molecular weight is 304 g/mol. The molecule has 0 saturated heterocycles. The van der Waals surface area contributed by atoms with Crippen LogP contribution >= 0.6 is 0 Å². The molecule has 1 aliphatic carbocycles. The number of hydrogen-bond donors (Lipinski definition) is 2. The Hall–Kier alpha value is -1.12. The summed E-state index contributed by atoms with van der Waals surface area (Å²) in [6.07, 6.45) is 11.7. The van der Waals surface area contributed by atoms with Crippen LogP contribution in [0.25, 0.3) is 0 Å². The minimum absolute atomic E-state index is 0.0533. The van der Waals surface area contributed by atoms with Crippen LogP contribution in [0.2, 0.25) is 0 Å². The van der Waals surface area contributed by atoms with Crippen molar-refractivity contribution in [1.82, 2.24) is 0 Å². The Morgan fingerprint density at radius 1 is 1.32 bits per heavy atom. The zero-order valence-corrected chi connectivity index (χ0v) is 14.8. The Morgan fingerprint density at radius 2 is 2.00 bits per heavy atom. The van der Waals surface area contributed by atoms with E-state index in [2.05, 4.69) is 26.8 Å². The molecule has 1 rings (SSSR count). The Bertz CT molecular complexity index is 490. The monoisotopic (exact) mass is 304 g/mol. The highest BCUT2D eigenvalue weighted by Gasteiger charge is 2.27. The maximum Gasteiger partial charge on any atom is 0.0932 e. The van der Waals surface area contributed by atoms with Gasteiger partial charge in [-0.15, -0.1) is 0 Å². The fourth-order valence-electron chi connectivity index (χ4n) is 3.04. The second-order valence-electron chi connectivity index (χ2n) is 7.15. The van der Waals surface area contributed by atoms with Gasteiger partial charge in [-0.3, -0.25) is 0 Å². The van der Waals surface area contributed by atoms with Crippen LogP contribution in [0.1, 0.15) is 60.3 Å². The van der Waals surface area contributed by atoms with E-state index < -0.39 is 6.10 Å². The molecule has 0 aromatic carbocycles. The molecule has 1 unspecified atom stereocenters. The van der Waals surface area contributed by atoms with Gasteiger partial charge in [0.2, 0.25) is 0 Å². The molecule has 0 bridgehead atoms. The lowest BCUT2D eigenvalue weighted by atomic mass is 9.71. The number of allylic oxidation sites excluding steroid dienone is 5. The number of rotatable bonds is 6. The topological polar surface area (TPSA) is 40.5 Å². The molecule has 0 heterocycles. The van der Waals surface area contributed by atoms with Crippen molar-refractivity contribution >= 4 is 0 Å². The van der Waals surface area contributed by atoms with Crippen molar-refractivity contribution in [1.29, 1.82) is 0 Å². The summed E-state index contributed by atoms with van der Waals surface area (Å²) < 4.78 is 0. The molecule has 2 nitrogen and oxygen atoms in total. The fraction of sp³-hybridized carbons (Fsp3) is 0.600. The summed E-state index contributed by atoms with van der Waals surface area (Å²) >= 11 is 0. The third-order valence-electron chi connectivity index (χ3n) is 4.70. The van der Waals surface area contributed by atoms with Crippen molar-refractivity contribution in [3.8, 4) is 0 Å². The first-order valence-electron chi connectivity index (χ1n) is 8.26. The van der Waals surface area contributed by atoms with Gasteiger partial charge in [0.1, 0.15) is 0 Å². The Labute approximate surface area is 135 Å². The summed E-state index contributed by atoms with van der Waals surface area (Å²) in [6.45, 7) is 10.8. The van der Waals surface area contributed by atoms with Gasteiger partial charge in [-0.2, -0.15) is 0 Å². The van der Waals surface area contributed by atoms with E-state index in [9.17, 15) is 5.11 Å². The molecule has 0 radical (unpaired) electrons. The van der Waals surface area contributed by atoms with Crippen LogP contribution in [0, 0.1) is 5.41 Å². The smallest absolute Gasteiger partial charge is 0.0932 e. The lowest BCUT2D eigenvalue weighted by Crippen LogP contribution is -2.20. The molecule has 2 N–H and O–H groups in total. The largest absolute Gasteiger partial charge is 0.392 e. The van der Waals surface area contributed by atoms with Crippen LogP contribution in [-0.2, 0) is 0 Å². The minimum atomic E-state index is -0.560. The van der Waals surface area contributed by atoms with E-state index in [0.29, 0.717) is 0 Å². The predicted molar refractivity (Wildman–Crippen MR) is 94.7 cm³/mol. The summed E-state index contributed by atoms with van der Waals surface area (Å²) in [5.41, 5.74) is 5.20. The zero-order valence-electron chi connectivity index (χ0n) is 14.8. The Kier molecular flexibility index (Phi) is 7.31. The van der Waals surface area contributed by atoms with Gasteiger partial charge in [0.15, 0.2) is 0 Å². The minimum Gasteiger partial charge on any atom is -0.392 e. The molecule has 0 saturated carbocycles. The quantitative estimate of drug-likeness (QED) is 0.551. The molecule has 22 heavy (non-hydrogen) atoms.